The van der Waals surface area contributed by atoms with Crippen LogP contribution < -0.4 is 14.8 Å². The van der Waals surface area contributed by atoms with Crippen molar-refractivity contribution in [2.45, 2.75) is 0 Å². The second-order valence-electron chi connectivity index (χ2n) is 3.62. The molecule has 0 saturated carbocycles. The summed E-state index contributed by atoms with van der Waals surface area (Å²) in [6.07, 6.45) is 0. The van der Waals surface area contributed by atoms with Crippen molar-refractivity contribution in [3.8, 4) is 11.5 Å². The van der Waals surface area contributed by atoms with E-state index in [9.17, 15) is 4.79 Å². The van der Waals surface area contributed by atoms with Gasteiger partial charge in [0.25, 0.3) is 5.91 Å². The zero-order valence-electron chi connectivity index (χ0n) is 10.4. The molecule has 0 aliphatic carbocycles. The lowest BCUT2D eigenvalue weighted by molar-refractivity contribution is 0.103. The molecule has 19 heavy (non-hydrogen) atoms. The number of carbonyl (C=O) groups excluding carboxylic acids is 1. The first-order valence-corrected chi connectivity index (χ1v) is 7.09. The molecule has 1 heterocycles. The van der Waals surface area contributed by atoms with Crippen LogP contribution in [0.25, 0.3) is 0 Å². The summed E-state index contributed by atoms with van der Waals surface area (Å²) in [6.45, 7) is 0. The molecule has 2 aromatic rings. The van der Waals surface area contributed by atoms with Gasteiger partial charge in [0.15, 0.2) is 11.5 Å². The number of nitrogens with one attached hydrogen (secondary N) is 1. The molecule has 0 saturated heterocycles. The highest BCUT2D eigenvalue weighted by Crippen LogP contribution is 2.36. The normalized spacial score (nSPS) is 10.1. The van der Waals surface area contributed by atoms with E-state index in [2.05, 4.69) is 21.2 Å². The van der Waals surface area contributed by atoms with Crippen molar-refractivity contribution >= 4 is 38.9 Å². The van der Waals surface area contributed by atoms with E-state index in [4.69, 9.17) is 9.47 Å². The average molecular weight is 342 g/mol. The van der Waals surface area contributed by atoms with Gasteiger partial charge in [0.1, 0.15) is 0 Å². The molecule has 0 atom stereocenters. The van der Waals surface area contributed by atoms with Gasteiger partial charge >= 0.3 is 0 Å². The number of methoxy groups -OCH3 is 2. The topological polar surface area (TPSA) is 47.6 Å². The number of carbonyl (C=O) groups is 1. The highest BCUT2D eigenvalue weighted by atomic mass is 79.9. The number of hydrogen-bond donors (Lipinski definition) is 1. The van der Waals surface area contributed by atoms with Crippen LogP contribution >= 0.6 is 27.3 Å². The summed E-state index contributed by atoms with van der Waals surface area (Å²) in [6, 6.07) is 7.08. The van der Waals surface area contributed by atoms with Gasteiger partial charge < -0.3 is 14.8 Å². The molecule has 1 N–H and O–H groups in total. The highest BCUT2D eigenvalue weighted by Gasteiger charge is 2.13. The minimum atomic E-state index is -0.150. The van der Waals surface area contributed by atoms with Crippen LogP contribution in [0.15, 0.2) is 34.1 Å². The molecule has 0 unspecified atom stereocenters. The van der Waals surface area contributed by atoms with Gasteiger partial charge in [-0.05, 0) is 27.4 Å². The summed E-state index contributed by atoms with van der Waals surface area (Å²) in [7, 11) is 3.12. The molecule has 4 nitrogen and oxygen atoms in total. The third-order valence-electron chi connectivity index (χ3n) is 2.47. The van der Waals surface area contributed by atoms with Gasteiger partial charge in [0.2, 0.25) is 0 Å². The van der Waals surface area contributed by atoms with E-state index in [1.807, 2.05) is 11.4 Å². The molecule has 0 spiro atoms. The van der Waals surface area contributed by atoms with Crippen LogP contribution in [-0.2, 0) is 0 Å². The third-order valence-corrected chi connectivity index (χ3v) is 3.99. The minimum Gasteiger partial charge on any atom is -0.493 e. The summed E-state index contributed by atoms with van der Waals surface area (Å²) < 4.78 is 11.1. The first kappa shape index (κ1) is 13.9. The second-order valence-corrected chi connectivity index (χ2v) is 5.42. The van der Waals surface area contributed by atoms with Crippen molar-refractivity contribution in [3.63, 3.8) is 0 Å². The lowest BCUT2D eigenvalue weighted by Gasteiger charge is -2.12. The maximum Gasteiger partial charge on any atom is 0.265 e. The summed E-state index contributed by atoms with van der Waals surface area (Å²) in [5, 5.41) is 4.69. The first-order valence-electron chi connectivity index (χ1n) is 5.42. The minimum absolute atomic E-state index is 0.150. The molecule has 0 fully saturated rings. The van der Waals surface area contributed by atoms with Crippen molar-refractivity contribution in [3.05, 3.63) is 39.0 Å². The Labute approximate surface area is 123 Å². The summed E-state index contributed by atoms with van der Waals surface area (Å²) >= 11 is 4.79. The fraction of sp³-hybridized carbons (Fsp3) is 0.154. The number of anilines is 1. The largest absolute Gasteiger partial charge is 0.493 e. The van der Waals surface area contributed by atoms with Crippen molar-refractivity contribution in [2.24, 2.45) is 0 Å². The molecule has 1 aromatic heterocycles. The lowest BCUT2D eigenvalue weighted by atomic mass is 10.2. The van der Waals surface area contributed by atoms with Crippen LogP contribution in [0.4, 0.5) is 5.69 Å². The predicted molar refractivity (Wildman–Crippen MR) is 79.5 cm³/mol. The van der Waals surface area contributed by atoms with Gasteiger partial charge in [0.05, 0.1) is 24.8 Å². The van der Waals surface area contributed by atoms with E-state index in [0.717, 1.165) is 4.47 Å². The van der Waals surface area contributed by atoms with Gasteiger partial charge in [-0.1, -0.05) is 6.07 Å². The van der Waals surface area contributed by atoms with Crippen LogP contribution in [0.2, 0.25) is 0 Å². The van der Waals surface area contributed by atoms with E-state index < -0.39 is 0 Å². The molecule has 2 rings (SSSR count). The van der Waals surface area contributed by atoms with Gasteiger partial charge in [-0.25, -0.2) is 0 Å². The van der Waals surface area contributed by atoms with Gasteiger partial charge in [-0.3, -0.25) is 4.79 Å². The molecule has 0 bridgehead atoms. The first-order chi connectivity index (χ1) is 9.15. The van der Waals surface area contributed by atoms with Gasteiger partial charge in [-0.2, -0.15) is 0 Å². The molecule has 0 radical (unpaired) electrons. The van der Waals surface area contributed by atoms with Crippen molar-refractivity contribution in [2.75, 3.05) is 19.5 Å². The van der Waals surface area contributed by atoms with E-state index in [1.165, 1.54) is 11.3 Å². The van der Waals surface area contributed by atoms with Crippen molar-refractivity contribution < 1.29 is 14.3 Å². The standard InChI is InChI=1S/C13H12BrNO3S/c1-17-10-6-8(14)9(7-11(10)18-2)15-13(16)12-4-3-5-19-12/h3-7H,1-2H3,(H,15,16). The zero-order chi connectivity index (χ0) is 13.8. The number of amides is 1. The zero-order valence-corrected chi connectivity index (χ0v) is 12.8. The van der Waals surface area contributed by atoms with Crippen LogP contribution in [0.3, 0.4) is 0 Å². The maximum atomic E-state index is 12.0. The monoisotopic (exact) mass is 341 g/mol. The fourth-order valence-corrected chi connectivity index (χ4v) is 2.58. The fourth-order valence-electron chi connectivity index (χ4n) is 1.54. The van der Waals surface area contributed by atoms with Gasteiger partial charge in [-0.15, -0.1) is 11.3 Å². The van der Waals surface area contributed by atoms with E-state index in [0.29, 0.717) is 22.1 Å². The summed E-state index contributed by atoms with van der Waals surface area (Å²) in [4.78, 5) is 12.6. The molecule has 100 valence electrons. The Morgan fingerprint density at radius 1 is 1.26 bits per heavy atom. The Bertz CT molecular complexity index is 584. The lowest BCUT2D eigenvalue weighted by Crippen LogP contribution is -2.10. The molecular formula is C13H12BrNO3S. The molecule has 0 aliphatic rings. The van der Waals surface area contributed by atoms with E-state index in [1.54, 1.807) is 32.4 Å². The van der Waals surface area contributed by atoms with E-state index >= 15 is 0 Å². The molecule has 1 aromatic carbocycles. The van der Waals surface area contributed by atoms with Crippen LogP contribution in [0.1, 0.15) is 9.67 Å². The third kappa shape index (κ3) is 3.08. The van der Waals surface area contributed by atoms with Gasteiger partial charge in [0, 0.05) is 16.6 Å². The highest BCUT2D eigenvalue weighted by molar-refractivity contribution is 9.10. The van der Waals surface area contributed by atoms with Crippen LogP contribution in [-0.4, -0.2) is 20.1 Å². The molecule has 0 aliphatic heterocycles. The van der Waals surface area contributed by atoms with Crippen LogP contribution in [0.5, 0.6) is 11.5 Å². The number of halogens is 1. The van der Waals surface area contributed by atoms with Crippen molar-refractivity contribution in [1.82, 2.24) is 0 Å². The average Bonchev–Trinajstić information content (AvgIpc) is 2.94. The Morgan fingerprint density at radius 2 is 1.95 bits per heavy atom. The second kappa shape index (κ2) is 6.08. The number of ether oxygens (including phenoxy) is 2. The summed E-state index contributed by atoms with van der Waals surface area (Å²) in [5.41, 5.74) is 0.635. The molecule has 6 heteroatoms. The quantitative estimate of drug-likeness (QED) is 0.920. The van der Waals surface area contributed by atoms with E-state index in [-0.39, 0.29) is 5.91 Å². The Balaban J connectivity index is 2.28. The Kier molecular flexibility index (Phi) is 4.44. The number of hydrogen-bond acceptors (Lipinski definition) is 4. The molecular weight excluding hydrogens is 330 g/mol. The van der Waals surface area contributed by atoms with Crippen LogP contribution in [0, 0.1) is 0 Å². The number of thiophene rings is 1. The SMILES string of the molecule is COc1cc(Br)c(NC(=O)c2cccs2)cc1OC. The van der Waals surface area contributed by atoms with Crippen molar-refractivity contribution in [1.29, 1.82) is 0 Å². The number of rotatable bonds is 4. The predicted octanol–water partition coefficient (Wildman–Crippen LogP) is 3.78. The molecule has 1 amide bonds. The Morgan fingerprint density at radius 3 is 2.53 bits per heavy atom. The maximum absolute atomic E-state index is 12.0. The smallest absolute Gasteiger partial charge is 0.265 e. The number of benzene rings is 1. The summed E-state index contributed by atoms with van der Waals surface area (Å²) in [5.74, 6) is 1.01. The Hall–Kier alpha value is -1.53.